The number of aromatic nitrogens is 2. The van der Waals surface area contributed by atoms with Gasteiger partial charge in [0.15, 0.2) is 0 Å². The largest absolute Gasteiger partial charge is 0.444 e. The molecule has 0 saturated carbocycles. The van der Waals surface area contributed by atoms with Crippen molar-refractivity contribution in [1.29, 1.82) is 0 Å². The molecule has 25 heavy (non-hydrogen) atoms. The highest BCUT2D eigenvalue weighted by molar-refractivity contribution is 5.68. The van der Waals surface area contributed by atoms with Crippen molar-refractivity contribution in [2.75, 3.05) is 49.1 Å². The summed E-state index contributed by atoms with van der Waals surface area (Å²) in [5.74, 6) is 1.96. The normalized spacial score (nSPS) is 19.1. The zero-order chi connectivity index (χ0) is 17.9. The molecule has 2 fully saturated rings. The van der Waals surface area contributed by atoms with Crippen LogP contribution in [0.4, 0.5) is 16.4 Å². The van der Waals surface area contributed by atoms with Crippen LogP contribution in [0.2, 0.25) is 0 Å². The number of anilines is 2. The van der Waals surface area contributed by atoms with Crippen LogP contribution < -0.4 is 9.80 Å². The molecular weight excluding hydrogens is 318 g/mol. The number of carbonyl (C=O) groups is 1. The van der Waals surface area contributed by atoms with Gasteiger partial charge in [0.05, 0.1) is 0 Å². The quantitative estimate of drug-likeness (QED) is 0.819. The van der Waals surface area contributed by atoms with E-state index in [0.717, 1.165) is 50.8 Å². The van der Waals surface area contributed by atoms with E-state index in [0.29, 0.717) is 6.54 Å². The van der Waals surface area contributed by atoms with E-state index in [1.165, 1.54) is 12.8 Å². The van der Waals surface area contributed by atoms with E-state index in [4.69, 9.17) is 4.74 Å². The van der Waals surface area contributed by atoms with Crippen molar-refractivity contribution >= 4 is 17.7 Å². The maximum absolute atomic E-state index is 12.3. The molecular formula is C18H29N5O2. The molecule has 0 atom stereocenters. The first kappa shape index (κ1) is 17.8. The second kappa shape index (κ2) is 7.45. The third-order valence-corrected chi connectivity index (χ3v) is 4.54. The van der Waals surface area contributed by atoms with Gasteiger partial charge >= 0.3 is 6.09 Å². The first-order valence-corrected chi connectivity index (χ1v) is 9.22. The first-order chi connectivity index (χ1) is 11.9. The van der Waals surface area contributed by atoms with Gasteiger partial charge in [-0.2, -0.15) is 0 Å². The summed E-state index contributed by atoms with van der Waals surface area (Å²) in [6, 6.07) is 2.08. The molecule has 2 aliphatic heterocycles. The molecule has 3 rings (SSSR count). The maximum Gasteiger partial charge on any atom is 0.410 e. The summed E-state index contributed by atoms with van der Waals surface area (Å²) in [4.78, 5) is 27.5. The van der Waals surface area contributed by atoms with Crippen LogP contribution in [-0.2, 0) is 4.74 Å². The van der Waals surface area contributed by atoms with E-state index in [2.05, 4.69) is 25.8 Å². The molecule has 0 spiro atoms. The van der Waals surface area contributed by atoms with E-state index < -0.39 is 5.60 Å². The first-order valence-electron chi connectivity index (χ1n) is 9.22. The van der Waals surface area contributed by atoms with Crippen molar-refractivity contribution in [2.45, 2.75) is 45.6 Å². The SMILES string of the molecule is CC(C)(C)OC(=O)N1CCCN(c2cc(N3CCCC3)ncn2)CC1. The molecule has 0 aliphatic carbocycles. The van der Waals surface area contributed by atoms with Crippen molar-refractivity contribution < 1.29 is 9.53 Å². The fourth-order valence-electron chi connectivity index (χ4n) is 3.28. The fourth-order valence-corrected chi connectivity index (χ4v) is 3.28. The van der Waals surface area contributed by atoms with E-state index in [1.54, 1.807) is 11.2 Å². The van der Waals surface area contributed by atoms with Crippen molar-refractivity contribution in [2.24, 2.45) is 0 Å². The lowest BCUT2D eigenvalue weighted by atomic mass is 10.2. The van der Waals surface area contributed by atoms with Gasteiger partial charge in [-0.15, -0.1) is 0 Å². The van der Waals surface area contributed by atoms with Gasteiger partial charge in [0.2, 0.25) is 0 Å². The Bertz CT molecular complexity index is 595. The van der Waals surface area contributed by atoms with Gasteiger partial charge in [0.25, 0.3) is 0 Å². The number of nitrogens with zero attached hydrogens (tertiary/aromatic N) is 5. The number of carbonyl (C=O) groups excluding carboxylic acids is 1. The van der Waals surface area contributed by atoms with E-state index in [1.807, 2.05) is 20.8 Å². The highest BCUT2D eigenvalue weighted by Crippen LogP contribution is 2.22. The number of rotatable bonds is 2. The monoisotopic (exact) mass is 347 g/mol. The Morgan fingerprint density at radius 3 is 2.16 bits per heavy atom. The smallest absolute Gasteiger partial charge is 0.410 e. The minimum atomic E-state index is -0.458. The van der Waals surface area contributed by atoms with Crippen molar-refractivity contribution in [3.8, 4) is 0 Å². The lowest BCUT2D eigenvalue weighted by molar-refractivity contribution is 0.0263. The average Bonchev–Trinajstić information content (AvgIpc) is 2.97. The van der Waals surface area contributed by atoms with Crippen LogP contribution in [0.25, 0.3) is 0 Å². The lowest BCUT2D eigenvalue weighted by Gasteiger charge is -2.27. The Hall–Kier alpha value is -2.05. The molecule has 0 aromatic carbocycles. The molecule has 0 unspecified atom stereocenters. The highest BCUT2D eigenvalue weighted by Gasteiger charge is 2.25. The molecule has 2 saturated heterocycles. The highest BCUT2D eigenvalue weighted by atomic mass is 16.6. The van der Waals surface area contributed by atoms with Crippen molar-refractivity contribution in [3.63, 3.8) is 0 Å². The predicted molar refractivity (Wildman–Crippen MR) is 98.1 cm³/mol. The summed E-state index contributed by atoms with van der Waals surface area (Å²) >= 11 is 0. The van der Waals surface area contributed by atoms with Crippen LogP contribution in [-0.4, -0.2) is 65.8 Å². The Kier molecular flexibility index (Phi) is 5.30. The zero-order valence-electron chi connectivity index (χ0n) is 15.6. The third kappa shape index (κ3) is 4.74. The second-order valence-corrected chi connectivity index (χ2v) is 7.74. The van der Waals surface area contributed by atoms with Crippen molar-refractivity contribution in [3.05, 3.63) is 12.4 Å². The number of ether oxygens (including phenoxy) is 1. The summed E-state index contributed by atoms with van der Waals surface area (Å²) < 4.78 is 5.50. The number of hydrogen-bond acceptors (Lipinski definition) is 6. The summed E-state index contributed by atoms with van der Waals surface area (Å²) in [5, 5.41) is 0. The molecule has 1 amide bonds. The number of hydrogen-bond donors (Lipinski definition) is 0. The summed E-state index contributed by atoms with van der Waals surface area (Å²) in [7, 11) is 0. The van der Waals surface area contributed by atoms with Gasteiger partial charge in [-0.05, 0) is 40.0 Å². The standard InChI is InChI=1S/C18H29N5O2/c1-18(2,3)25-17(24)23-10-6-9-22(11-12-23)16-13-15(19-14-20-16)21-7-4-5-8-21/h13-14H,4-12H2,1-3H3. The molecule has 7 heteroatoms. The minimum Gasteiger partial charge on any atom is -0.444 e. The van der Waals surface area contributed by atoms with Crippen LogP contribution in [0.15, 0.2) is 12.4 Å². The van der Waals surface area contributed by atoms with Crippen molar-refractivity contribution in [1.82, 2.24) is 14.9 Å². The second-order valence-electron chi connectivity index (χ2n) is 7.74. The maximum atomic E-state index is 12.3. The van der Waals surface area contributed by atoms with Gasteiger partial charge in [-0.3, -0.25) is 0 Å². The van der Waals surface area contributed by atoms with Gasteiger partial charge in [0, 0.05) is 45.3 Å². The minimum absolute atomic E-state index is 0.227. The van der Waals surface area contributed by atoms with Crippen LogP contribution in [0.5, 0.6) is 0 Å². The Morgan fingerprint density at radius 2 is 1.52 bits per heavy atom. The average molecular weight is 347 g/mol. The van der Waals surface area contributed by atoms with Crippen LogP contribution >= 0.6 is 0 Å². The Labute approximate surface area is 150 Å². The molecule has 2 aliphatic rings. The number of amides is 1. The fraction of sp³-hybridized carbons (Fsp3) is 0.722. The predicted octanol–water partition coefficient (Wildman–Crippen LogP) is 2.52. The molecule has 138 valence electrons. The van der Waals surface area contributed by atoms with E-state index in [-0.39, 0.29) is 6.09 Å². The summed E-state index contributed by atoms with van der Waals surface area (Å²) in [5.41, 5.74) is -0.458. The van der Waals surface area contributed by atoms with Crippen LogP contribution in [0.1, 0.15) is 40.0 Å². The molecule has 0 N–H and O–H groups in total. The summed E-state index contributed by atoms with van der Waals surface area (Å²) in [6.45, 7) is 10.9. The molecule has 3 heterocycles. The van der Waals surface area contributed by atoms with E-state index >= 15 is 0 Å². The molecule has 1 aromatic rings. The molecule has 0 radical (unpaired) electrons. The topological polar surface area (TPSA) is 61.8 Å². The van der Waals surface area contributed by atoms with E-state index in [9.17, 15) is 4.79 Å². The zero-order valence-corrected chi connectivity index (χ0v) is 15.6. The molecule has 7 nitrogen and oxygen atoms in total. The Balaban J connectivity index is 1.63. The van der Waals surface area contributed by atoms with Gasteiger partial charge in [-0.1, -0.05) is 0 Å². The van der Waals surface area contributed by atoms with Gasteiger partial charge < -0.3 is 19.4 Å². The molecule has 1 aromatic heterocycles. The van der Waals surface area contributed by atoms with Crippen LogP contribution in [0, 0.1) is 0 Å². The van der Waals surface area contributed by atoms with Gasteiger partial charge in [-0.25, -0.2) is 14.8 Å². The summed E-state index contributed by atoms with van der Waals surface area (Å²) in [6.07, 6.45) is 4.79. The lowest BCUT2D eigenvalue weighted by Crippen LogP contribution is -2.39. The van der Waals surface area contributed by atoms with Gasteiger partial charge in [0.1, 0.15) is 23.6 Å². The van der Waals surface area contributed by atoms with Crippen LogP contribution in [0.3, 0.4) is 0 Å². The Morgan fingerprint density at radius 1 is 0.920 bits per heavy atom. The third-order valence-electron chi connectivity index (χ3n) is 4.54. The molecule has 0 bridgehead atoms.